The van der Waals surface area contributed by atoms with Crippen LogP contribution in [-0.4, -0.2) is 14.9 Å². The van der Waals surface area contributed by atoms with Crippen molar-refractivity contribution in [1.29, 1.82) is 0 Å². The molecule has 84 valence electrons. The minimum atomic E-state index is 0.331. The summed E-state index contributed by atoms with van der Waals surface area (Å²) < 4.78 is 2.13. The minimum Gasteiger partial charge on any atom is -0.337 e. The fourth-order valence-corrected chi connectivity index (χ4v) is 2.91. The van der Waals surface area contributed by atoms with Gasteiger partial charge in [0.15, 0.2) is 0 Å². The predicted octanol–water partition coefficient (Wildman–Crippen LogP) is 3.32. The van der Waals surface area contributed by atoms with Crippen molar-refractivity contribution in [2.24, 2.45) is 12.5 Å². The second-order valence-corrected chi connectivity index (χ2v) is 5.96. The first kappa shape index (κ1) is 11.0. The van der Waals surface area contributed by atoms with Crippen molar-refractivity contribution in [2.75, 3.05) is 0 Å². The Balaban J connectivity index is 2.29. The summed E-state index contributed by atoms with van der Waals surface area (Å²) in [6, 6.07) is 0. The molecule has 15 heavy (non-hydrogen) atoms. The van der Waals surface area contributed by atoms with Crippen LogP contribution in [0.5, 0.6) is 0 Å². The monoisotopic (exact) mass is 226 g/mol. The van der Waals surface area contributed by atoms with Gasteiger partial charge in [0.1, 0.15) is 0 Å². The molecule has 1 fully saturated rings. The molecule has 1 heterocycles. The van der Waals surface area contributed by atoms with Gasteiger partial charge < -0.3 is 4.57 Å². The average molecular weight is 227 g/mol. The van der Waals surface area contributed by atoms with Gasteiger partial charge in [-0.2, -0.15) is 0 Å². The number of rotatable bonds is 1. The highest BCUT2D eigenvalue weighted by atomic mass is 35.5. The molecule has 0 bridgehead atoms. The fraction of sp³-hybridized carbons (Fsp3) is 0.750. The fourth-order valence-electron chi connectivity index (χ4n) is 2.62. The first-order valence-electron chi connectivity index (χ1n) is 5.61. The number of alkyl halides is 1. The number of aryl methyl sites for hydroxylation is 1. The molecule has 2 nitrogen and oxygen atoms in total. The van der Waals surface area contributed by atoms with E-state index in [9.17, 15) is 0 Å². The number of hydrogen-bond acceptors (Lipinski definition) is 1. The van der Waals surface area contributed by atoms with Crippen LogP contribution in [-0.2, 0) is 7.05 Å². The van der Waals surface area contributed by atoms with Crippen LogP contribution < -0.4 is 0 Å². The molecule has 2 rings (SSSR count). The van der Waals surface area contributed by atoms with Crippen molar-refractivity contribution in [3.05, 3.63) is 18.2 Å². The molecule has 0 aromatic carbocycles. The van der Waals surface area contributed by atoms with E-state index in [1.165, 1.54) is 12.1 Å². The van der Waals surface area contributed by atoms with Gasteiger partial charge >= 0.3 is 0 Å². The van der Waals surface area contributed by atoms with Crippen LogP contribution in [0.25, 0.3) is 0 Å². The van der Waals surface area contributed by atoms with Gasteiger partial charge in [-0.1, -0.05) is 13.8 Å². The molecule has 0 radical (unpaired) electrons. The summed E-state index contributed by atoms with van der Waals surface area (Å²) in [6.45, 7) is 4.68. The van der Waals surface area contributed by atoms with Crippen molar-refractivity contribution < 1.29 is 0 Å². The number of halogens is 1. The Morgan fingerprint density at radius 3 is 2.87 bits per heavy atom. The second kappa shape index (κ2) is 3.82. The van der Waals surface area contributed by atoms with E-state index in [1.807, 2.05) is 12.5 Å². The molecule has 1 aliphatic carbocycles. The average Bonchev–Trinajstić information content (AvgIpc) is 2.56. The minimum absolute atomic E-state index is 0.331. The highest BCUT2D eigenvalue weighted by Crippen LogP contribution is 2.47. The topological polar surface area (TPSA) is 17.8 Å². The summed E-state index contributed by atoms with van der Waals surface area (Å²) in [6.07, 6.45) is 7.29. The molecular weight excluding hydrogens is 208 g/mol. The van der Waals surface area contributed by atoms with E-state index in [0.717, 1.165) is 12.8 Å². The SMILES string of the molecule is Cn1cncc1C1CC(Cl)CCC1(C)C. The lowest BCUT2D eigenvalue weighted by atomic mass is 9.67. The van der Waals surface area contributed by atoms with E-state index < -0.39 is 0 Å². The first-order valence-corrected chi connectivity index (χ1v) is 6.04. The summed E-state index contributed by atoms with van der Waals surface area (Å²) in [5.74, 6) is 0.543. The molecule has 1 saturated carbocycles. The van der Waals surface area contributed by atoms with Crippen molar-refractivity contribution >= 4 is 11.6 Å². The van der Waals surface area contributed by atoms with E-state index in [2.05, 4.69) is 30.4 Å². The Kier molecular flexibility index (Phi) is 2.80. The number of aromatic nitrogens is 2. The normalized spacial score (nSPS) is 30.4. The van der Waals surface area contributed by atoms with Gasteiger partial charge in [0, 0.05) is 30.2 Å². The highest BCUT2D eigenvalue weighted by molar-refractivity contribution is 6.20. The van der Waals surface area contributed by atoms with Gasteiger partial charge in [-0.3, -0.25) is 0 Å². The third-order valence-corrected chi connectivity index (χ3v) is 4.14. The number of imidazole rings is 1. The first-order chi connectivity index (χ1) is 7.00. The molecule has 0 spiro atoms. The third-order valence-electron chi connectivity index (χ3n) is 3.75. The maximum absolute atomic E-state index is 6.28. The number of hydrogen-bond donors (Lipinski definition) is 0. The van der Waals surface area contributed by atoms with Gasteiger partial charge in [-0.15, -0.1) is 11.6 Å². The predicted molar refractivity (Wildman–Crippen MR) is 63.2 cm³/mol. The molecule has 0 amide bonds. The van der Waals surface area contributed by atoms with Gasteiger partial charge in [-0.05, 0) is 24.7 Å². The van der Waals surface area contributed by atoms with Crippen LogP contribution in [0.2, 0.25) is 0 Å². The van der Waals surface area contributed by atoms with Gasteiger partial charge in [-0.25, -0.2) is 4.98 Å². The highest BCUT2D eigenvalue weighted by Gasteiger charge is 2.37. The molecule has 1 aromatic rings. The van der Waals surface area contributed by atoms with Crippen LogP contribution >= 0.6 is 11.6 Å². The number of nitrogens with zero attached hydrogens (tertiary/aromatic N) is 2. The lowest BCUT2D eigenvalue weighted by molar-refractivity contribution is 0.196. The van der Waals surface area contributed by atoms with Gasteiger partial charge in [0.05, 0.1) is 6.33 Å². The smallest absolute Gasteiger partial charge is 0.0945 e. The molecule has 2 unspecified atom stereocenters. The summed E-state index contributed by atoms with van der Waals surface area (Å²) in [5, 5.41) is 0.331. The van der Waals surface area contributed by atoms with Crippen LogP contribution in [0.3, 0.4) is 0 Å². The van der Waals surface area contributed by atoms with E-state index in [4.69, 9.17) is 11.6 Å². The Morgan fingerprint density at radius 2 is 2.27 bits per heavy atom. The zero-order chi connectivity index (χ0) is 11.1. The van der Waals surface area contributed by atoms with Gasteiger partial charge in [0.25, 0.3) is 0 Å². The van der Waals surface area contributed by atoms with Crippen molar-refractivity contribution in [2.45, 2.75) is 44.4 Å². The van der Waals surface area contributed by atoms with Crippen molar-refractivity contribution in [3.63, 3.8) is 0 Å². The Hall–Kier alpha value is -0.500. The summed E-state index contributed by atoms with van der Waals surface area (Å²) in [5.41, 5.74) is 1.67. The van der Waals surface area contributed by atoms with Crippen molar-refractivity contribution in [1.82, 2.24) is 9.55 Å². The molecule has 1 aromatic heterocycles. The molecule has 3 heteroatoms. The van der Waals surface area contributed by atoms with Crippen LogP contribution in [0.1, 0.15) is 44.7 Å². The maximum Gasteiger partial charge on any atom is 0.0945 e. The van der Waals surface area contributed by atoms with Crippen LogP contribution in [0.15, 0.2) is 12.5 Å². The van der Waals surface area contributed by atoms with E-state index in [0.29, 0.717) is 16.7 Å². The molecule has 1 aliphatic rings. The Bertz CT molecular complexity index is 343. The van der Waals surface area contributed by atoms with E-state index >= 15 is 0 Å². The van der Waals surface area contributed by atoms with Crippen molar-refractivity contribution in [3.8, 4) is 0 Å². The second-order valence-electron chi connectivity index (χ2n) is 5.34. The van der Waals surface area contributed by atoms with E-state index in [1.54, 1.807) is 0 Å². The van der Waals surface area contributed by atoms with Crippen LogP contribution in [0.4, 0.5) is 0 Å². The van der Waals surface area contributed by atoms with Gasteiger partial charge in [0.2, 0.25) is 0 Å². The Labute approximate surface area is 96.7 Å². The maximum atomic E-state index is 6.28. The summed E-state index contributed by atoms with van der Waals surface area (Å²) >= 11 is 6.28. The molecule has 0 N–H and O–H groups in total. The third kappa shape index (κ3) is 2.05. The van der Waals surface area contributed by atoms with Crippen LogP contribution in [0, 0.1) is 5.41 Å². The van der Waals surface area contributed by atoms with E-state index in [-0.39, 0.29) is 0 Å². The molecule has 0 aliphatic heterocycles. The Morgan fingerprint density at radius 1 is 1.53 bits per heavy atom. The summed E-state index contributed by atoms with van der Waals surface area (Å²) in [4.78, 5) is 4.21. The molecular formula is C12H19ClN2. The molecule has 0 saturated heterocycles. The summed E-state index contributed by atoms with van der Waals surface area (Å²) in [7, 11) is 2.07. The lowest BCUT2D eigenvalue weighted by Gasteiger charge is -2.40. The lowest BCUT2D eigenvalue weighted by Crippen LogP contribution is -2.31. The quantitative estimate of drug-likeness (QED) is 0.672. The molecule has 2 atom stereocenters. The zero-order valence-corrected chi connectivity index (χ0v) is 10.5. The standard InChI is InChI=1S/C12H19ClN2/c1-12(2)5-4-9(13)6-10(12)11-7-14-8-15(11)3/h7-10H,4-6H2,1-3H3. The largest absolute Gasteiger partial charge is 0.337 e. The zero-order valence-electron chi connectivity index (χ0n) is 9.70.